The summed E-state index contributed by atoms with van der Waals surface area (Å²) < 4.78 is 0. The van der Waals surface area contributed by atoms with Crippen molar-refractivity contribution < 1.29 is 9.85 Å². The van der Waals surface area contributed by atoms with Gasteiger partial charge in [-0.25, -0.2) is 0 Å². The fourth-order valence-corrected chi connectivity index (χ4v) is 3.02. The minimum atomic E-state index is -0.672. The Bertz CT molecular complexity index is 510. The smallest absolute Gasteiger partial charge is 0.316 e. The zero-order chi connectivity index (χ0) is 12.9. The normalized spacial score (nSPS) is 24.7. The molecule has 0 radical (unpaired) electrons. The number of benzene rings is 1. The van der Waals surface area contributed by atoms with E-state index in [0.29, 0.717) is 0 Å². The van der Waals surface area contributed by atoms with Crippen molar-refractivity contribution in [1.82, 2.24) is 5.32 Å². The number of hydrogen-bond acceptors (Lipinski definition) is 5. The van der Waals surface area contributed by atoms with Gasteiger partial charge in [0.1, 0.15) is 0 Å². The highest BCUT2D eigenvalue weighted by molar-refractivity contribution is 5.60. The molecule has 0 saturated carbocycles. The van der Waals surface area contributed by atoms with Crippen molar-refractivity contribution in [3.05, 3.63) is 43.5 Å². The third-order valence-electron chi connectivity index (χ3n) is 3.80. The molecule has 3 rings (SSSR count). The van der Waals surface area contributed by atoms with Crippen LogP contribution in [0.25, 0.3) is 0 Å². The third kappa shape index (κ3) is 1.47. The number of piperidine rings is 1. The summed E-state index contributed by atoms with van der Waals surface area (Å²) in [4.78, 5) is 20.5. The van der Waals surface area contributed by atoms with Gasteiger partial charge in [-0.05, 0) is 29.4 Å². The van der Waals surface area contributed by atoms with Crippen LogP contribution in [0.1, 0.15) is 29.4 Å². The van der Waals surface area contributed by atoms with Crippen molar-refractivity contribution in [3.8, 4) is 0 Å². The second-order valence-electron chi connectivity index (χ2n) is 4.77. The number of rotatable bonds is 2. The van der Waals surface area contributed by atoms with E-state index in [1.54, 1.807) is 0 Å². The Morgan fingerprint density at radius 3 is 1.83 bits per heavy atom. The molecule has 1 fully saturated rings. The lowest BCUT2D eigenvalue weighted by atomic mass is 9.98. The van der Waals surface area contributed by atoms with Crippen molar-refractivity contribution in [1.29, 1.82) is 0 Å². The first-order valence-corrected chi connectivity index (χ1v) is 5.75. The molecule has 2 bridgehead atoms. The zero-order valence-corrected chi connectivity index (χ0v) is 9.46. The van der Waals surface area contributed by atoms with Crippen molar-refractivity contribution in [3.63, 3.8) is 0 Å². The molecule has 2 unspecified atom stereocenters. The number of fused-ring (bicyclic) bond motifs is 5. The van der Waals surface area contributed by atoms with Gasteiger partial charge in [-0.2, -0.15) is 0 Å². The van der Waals surface area contributed by atoms with E-state index in [1.165, 1.54) is 12.1 Å². The molecule has 2 aliphatic rings. The highest BCUT2D eigenvalue weighted by Crippen LogP contribution is 2.47. The average molecular weight is 249 g/mol. The molecule has 1 aromatic carbocycles. The highest BCUT2D eigenvalue weighted by atomic mass is 16.6. The topological polar surface area (TPSA) is 98.3 Å². The molecule has 18 heavy (non-hydrogen) atoms. The van der Waals surface area contributed by atoms with Crippen molar-refractivity contribution in [2.45, 2.75) is 18.3 Å². The van der Waals surface area contributed by atoms with Crippen molar-refractivity contribution in [2.24, 2.45) is 0 Å². The molecule has 7 nitrogen and oxygen atoms in total. The monoisotopic (exact) mass is 249 g/mol. The van der Waals surface area contributed by atoms with Gasteiger partial charge in [0.2, 0.25) is 0 Å². The molecule has 1 N–H and O–H groups in total. The summed E-state index contributed by atoms with van der Waals surface area (Å²) in [6, 6.07) is 2.79. The predicted octanol–water partition coefficient (Wildman–Crippen LogP) is 1.68. The Labute approximate surface area is 102 Å². The zero-order valence-electron chi connectivity index (χ0n) is 9.46. The maximum Gasteiger partial charge on any atom is 0.346 e. The Balaban J connectivity index is 2.20. The van der Waals surface area contributed by atoms with Crippen LogP contribution in [0, 0.1) is 20.2 Å². The number of nitro benzene ring substituents is 2. The van der Waals surface area contributed by atoms with E-state index in [0.717, 1.165) is 30.6 Å². The maximum absolute atomic E-state index is 10.9. The van der Waals surface area contributed by atoms with Crippen LogP contribution < -0.4 is 5.32 Å². The number of nitrogens with zero attached hydrogens (tertiary/aromatic N) is 2. The molecular weight excluding hydrogens is 238 g/mol. The molecule has 7 heteroatoms. The lowest BCUT2D eigenvalue weighted by Crippen LogP contribution is -2.28. The molecule has 1 saturated heterocycles. The summed E-state index contributed by atoms with van der Waals surface area (Å²) in [6.07, 6.45) is 0.931. The van der Waals surface area contributed by atoms with Crippen LogP contribution in [0.15, 0.2) is 12.1 Å². The van der Waals surface area contributed by atoms with Crippen LogP contribution in [0.4, 0.5) is 11.4 Å². The summed E-state index contributed by atoms with van der Waals surface area (Å²) >= 11 is 0. The van der Waals surface area contributed by atoms with Crippen LogP contribution >= 0.6 is 0 Å². The van der Waals surface area contributed by atoms with Crippen LogP contribution in [-0.4, -0.2) is 22.9 Å². The van der Waals surface area contributed by atoms with E-state index in [9.17, 15) is 20.2 Å². The minimum Gasteiger partial charge on any atom is -0.316 e. The second-order valence-corrected chi connectivity index (χ2v) is 4.77. The SMILES string of the molecule is O=[N+]([O-])c1cc2c(cc1[N+](=O)[O-])C1CNCC2C1. The molecule has 0 amide bonds. The van der Waals surface area contributed by atoms with E-state index in [-0.39, 0.29) is 11.8 Å². The van der Waals surface area contributed by atoms with Gasteiger partial charge < -0.3 is 5.32 Å². The Kier molecular flexibility index (Phi) is 2.30. The van der Waals surface area contributed by atoms with Crippen LogP contribution in [0.2, 0.25) is 0 Å². The van der Waals surface area contributed by atoms with Gasteiger partial charge in [-0.3, -0.25) is 20.2 Å². The fourth-order valence-electron chi connectivity index (χ4n) is 3.02. The first kappa shape index (κ1) is 11.1. The van der Waals surface area contributed by atoms with Crippen LogP contribution in [0.5, 0.6) is 0 Å². The summed E-state index contributed by atoms with van der Waals surface area (Å²) in [5.74, 6) is 0.497. The van der Waals surface area contributed by atoms with E-state index in [4.69, 9.17) is 0 Å². The van der Waals surface area contributed by atoms with Gasteiger partial charge >= 0.3 is 11.4 Å². The molecule has 0 spiro atoms. The molecule has 1 aliphatic carbocycles. The lowest BCUT2D eigenvalue weighted by molar-refractivity contribution is -0.422. The summed E-state index contributed by atoms with van der Waals surface area (Å²) in [5.41, 5.74) is 1.02. The number of hydrogen-bond donors (Lipinski definition) is 1. The van der Waals surface area contributed by atoms with Gasteiger partial charge in [0.15, 0.2) is 0 Å². The average Bonchev–Trinajstić information content (AvgIpc) is 2.59. The first-order valence-electron chi connectivity index (χ1n) is 5.75. The molecule has 1 aromatic rings. The number of nitro groups is 2. The van der Waals surface area contributed by atoms with E-state index < -0.39 is 21.2 Å². The van der Waals surface area contributed by atoms with Crippen LogP contribution in [0.3, 0.4) is 0 Å². The van der Waals surface area contributed by atoms with Gasteiger partial charge in [-0.15, -0.1) is 0 Å². The molecule has 0 aromatic heterocycles. The number of nitrogens with one attached hydrogen (secondary N) is 1. The maximum atomic E-state index is 10.9. The van der Waals surface area contributed by atoms with Gasteiger partial charge in [0.05, 0.1) is 9.85 Å². The van der Waals surface area contributed by atoms with Crippen LogP contribution in [-0.2, 0) is 0 Å². The predicted molar refractivity (Wildman–Crippen MR) is 62.7 cm³/mol. The van der Waals surface area contributed by atoms with E-state index in [1.807, 2.05) is 0 Å². The lowest BCUT2D eigenvalue weighted by Gasteiger charge is -2.19. The fraction of sp³-hybridized carbons (Fsp3) is 0.455. The van der Waals surface area contributed by atoms with E-state index in [2.05, 4.69) is 5.32 Å². The standard InChI is InChI=1S/C11H11N3O4/c15-13(16)10-2-8-6-1-7(5-12-4-6)9(8)3-11(10)14(17)18/h2-3,6-7,12H,1,4-5H2. The van der Waals surface area contributed by atoms with Gasteiger partial charge in [0, 0.05) is 25.2 Å². The van der Waals surface area contributed by atoms with Gasteiger partial charge in [-0.1, -0.05) is 0 Å². The third-order valence-corrected chi connectivity index (χ3v) is 3.80. The molecule has 2 atom stereocenters. The summed E-state index contributed by atoms with van der Waals surface area (Å²) in [5, 5.41) is 25.1. The van der Waals surface area contributed by atoms with Crippen molar-refractivity contribution in [2.75, 3.05) is 13.1 Å². The van der Waals surface area contributed by atoms with E-state index >= 15 is 0 Å². The van der Waals surface area contributed by atoms with Gasteiger partial charge in [0.25, 0.3) is 0 Å². The highest BCUT2D eigenvalue weighted by Gasteiger charge is 2.38. The summed E-state index contributed by atoms with van der Waals surface area (Å²) in [6.45, 7) is 1.58. The molecule has 94 valence electrons. The Morgan fingerprint density at radius 2 is 1.44 bits per heavy atom. The van der Waals surface area contributed by atoms with Crippen molar-refractivity contribution >= 4 is 11.4 Å². The Hall–Kier alpha value is -2.02. The quantitative estimate of drug-likeness (QED) is 0.635. The second kappa shape index (κ2) is 3.74. The Morgan fingerprint density at radius 1 is 1.00 bits per heavy atom. The summed E-state index contributed by atoms with van der Waals surface area (Å²) in [7, 11) is 0. The molecule has 1 heterocycles. The first-order chi connectivity index (χ1) is 8.58. The minimum absolute atomic E-state index is 0.248. The molecule has 1 aliphatic heterocycles. The molecular formula is C11H11N3O4. The largest absolute Gasteiger partial charge is 0.346 e.